The van der Waals surface area contributed by atoms with E-state index < -0.39 is 0 Å². The van der Waals surface area contributed by atoms with E-state index in [1.807, 2.05) is 64.1 Å². The number of benzene rings is 1. The summed E-state index contributed by atoms with van der Waals surface area (Å²) in [5, 5.41) is 0. The zero-order chi connectivity index (χ0) is 16.1. The molecule has 2 rings (SSSR count). The highest BCUT2D eigenvalue weighted by Crippen LogP contribution is 2.16. The molecule has 2 aromatic rings. The Kier molecular flexibility index (Phi) is 5.15. The van der Waals surface area contributed by atoms with Crippen LogP contribution in [0, 0.1) is 13.8 Å². The van der Waals surface area contributed by atoms with Crippen molar-refractivity contribution in [2.45, 2.75) is 33.7 Å². The molecule has 0 radical (unpaired) electrons. The largest absolute Gasteiger partial charge is 0.484 e. The first-order valence-electron chi connectivity index (χ1n) is 7.42. The highest BCUT2D eigenvalue weighted by Gasteiger charge is 2.07. The van der Waals surface area contributed by atoms with Crippen LogP contribution in [0.3, 0.4) is 0 Å². The van der Waals surface area contributed by atoms with Crippen molar-refractivity contribution < 1.29 is 9.53 Å². The number of nitrogens with zero attached hydrogens (tertiary/aromatic N) is 2. The van der Waals surface area contributed by atoms with Crippen LogP contribution >= 0.6 is 0 Å². The quantitative estimate of drug-likeness (QED) is 0.870. The Balaban J connectivity index is 2.14. The van der Waals surface area contributed by atoms with Gasteiger partial charge in [0.15, 0.2) is 6.61 Å². The number of hydrogen-bond acceptors (Lipinski definition) is 3. The normalized spacial score (nSPS) is 11.8. The van der Waals surface area contributed by atoms with E-state index in [9.17, 15) is 4.79 Å². The maximum atomic E-state index is 12.4. The van der Waals surface area contributed by atoms with Crippen molar-refractivity contribution in [2.75, 3.05) is 6.61 Å². The van der Waals surface area contributed by atoms with Gasteiger partial charge in [-0.25, -0.2) is 0 Å². The number of pyridine rings is 1. The van der Waals surface area contributed by atoms with Gasteiger partial charge >= 0.3 is 0 Å². The van der Waals surface area contributed by atoms with E-state index in [0.29, 0.717) is 11.2 Å². The van der Waals surface area contributed by atoms with Crippen molar-refractivity contribution >= 4 is 5.91 Å². The average molecular weight is 298 g/mol. The van der Waals surface area contributed by atoms with Crippen LogP contribution in [0.5, 0.6) is 5.75 Å². The lowest BCUT2D eigenvalue weighted by atomic mass is 10.1. The van der Waals surface area contributed by atoms with Gasteiger partial charge in [-0.1, -0.05) is 12.1 Å². The van der Waals surface area contributed by atoms with Gasteiger partial charge in [-0.15, -0.1) is 0 Å². The van der Waals surface area contributed by atoms with Gasteiger partial charge in [-0.2, -0.15) is 0 Å². The Labute approximate surface area is 131 Å². The summed E-state index contributed by atoms with van der Waals surface area (Å²) in [4.78, 5) is 16.8. The van der Waals surface area contributed by atoms with Gasteiger partial charge in [0.1, 0.15) is 11.2 Å². The fraction of sp³-hybridized carbons (Fsp3) is 0.333. The first-order chi connectivity index (χ1) is 10.5. The van der Waals surface area contributed by atoms with Crippen molar-refractivity contribution in [1.29, 1.82) is 0 Å². The number of aryl methyl sites for hydroxylation is 2. The van der Waals surface area contributed by atoms with Crippen molar-refractivity contribution in [3.8, 4) is 5.75 Å². The highest BCUT2D eigenvalue weighted by molar-refractivity contribution is 5.80. The van der Waals surface area contributed by atoms with Crippen molar-refractivity contribution in [2.24, 2.45) is 4.99 Å². The molecule has 0 unspecified atom stereocenters. The molecule has 0 spiro atoms. The van der Waals surface area contributed by atoms with Crippen LogP contribution in [0.1, 0.15) is 29.8 Å². The lowest BCUT2D eigenvalue weighted by Crippen LogP contribution is -2.31. The average Bonchev–Trinajstić information content (AvgIpc) is 2.48. The molecule has 1 aromatic heterocycles. The molecule has 0 fully saturated rings. The minimum absolute atomic E-state index is 0.0161. The van der Waals surface area contributed by atoms with Crippen LogP contribution in [-0.2, 0) is 0 Å². The summed E-state index contributed by atoms with van der Waals surface area (Å²) in [5.41, 5.74) is 2.99. The van der Waals surface area contributed by atoms with Crippen LogP contribution < -0.4 is 10.2 Å². The lowest BCUT2D eigenvalue weighted by Gasteiger charge is -2.10. The molecular weight excluding hydrogens is 276 g/mol. The predicted octanol–water partition coefficient (Wildman–Crippen LogP) is 3.13. The molecule has 0 saturated heterocycles. The SMILES string of the molecule is Cc1ccc(OCC(=O)n2ccccc2=NC(C)C)cc1C. The van der Waals surface area contributed by atoms with Gasteiger partial charge in [0, 0.05) is 12.2 Å². The number of carbonyl (C=O) groups excluding carboxylic acids is 1. The summed E-state index contributed by atoms with van der Waals surface area (Å²) in [5.74, 6) is 0.563. The number of hydrogen-bond donors (Lipinski definition) is 0. The fourth-order valence-corrected chi connectivity index (χ4v) is 2.03. The lowest BCUT2D eigenvalue weighted by molar-refractivity contribution is 0.0831. The first kappa shape index (κ1) is 16.0. The minimum atomic E-state index is -0.141. The van der Waals surface area contributed by atoms with Gasteiger partial charge < -0.3 is 4.74 Å². The van der Waals surface area contributed by atoms with Gasteiger partial charge in [-0.05, 0) is 63.1 Å². The third-order valence-corrected chi connectivity index (χ3v) is 3.34. The molecule has 0 saturated carbocycles. The number of rotatable bonds is 4. The summed E-state index contributed by atoms with van der Waals surface area (Å²) in [7, 11) is 0. The van der Waals surface area contributed by atoms with Crippen LogP contribution in [0.15, 0.2) is 47.6 Å². The third-order valence-electron chi connectivity index (χ3n) is 3.34. The molecule has 22 heavy (non-hydrogen) atoms. The van der Waals surface area contributed by atoms with Crippen molar-refractivity contribution in [1.82, 2.24) is 4.57 Å². The van der Waals surface area contributed by atoms with E-state index in [2.05, 4.69) is 4.99 Å². The Bertz CT molecular complexity index is 730. The van der Waals surface area contributed by atoms with Crippen LogP contribution in [0.4, 0.5) is 0 Å². The topological polar surface area (TPSA) is 43.6 Å². The second-order valence-corrected chi connectivity index (χ2v) is 5.58. The third kappa shape index (κ3) is 4.07. The summed E-state index contributed by atoms with van der Waals surface area (Å²) >= 11 is 0. The zero-order valence-corrected chi connectivity index (χ0v) is 13.5. The number of aromatic nitrogens is 1. The van der Waals surface area contributed by atoms with Gasteiger partial charge in [0.25, 0.3) is 5.91 Å². The molecule has 0 bridgehead atoms. The van der Waals surface area contributed by atoms with Crippen LogP contribution in [0.2, 0.25) is 0 Å². The van der Waals surface area contributed by atoms with E-state index in [-0.39, 0.29) is 18.6 Å². The second-order valence-electron chi connectivity index (χ2n) is 5.58. The van der Waals surface area contributed by atoms with Gasteiger partial charge in [0.05, 0.1) is 0 Å². The number of carbonyl (C=O) groups is 1. The van der Waals surface area contributed by atoms with E-state index in [1.165, 1.54) is 10.1 Å². The summed E-state index contributed by atoms with van der Waals surface area (Å²) in [6, 6.07) is 11.4. The van der Waals surface area contributed by atoms with E-state index in [0.717, 1.165) is 5.56 Å². The van der Waals surface area contributed by atoms with Crippen molar-refractivity contribution in [3.63, 3.8) is 0 Å². The first-order valence-corrected chi connectivity index (χ1v) is 7.42. The number of ether oxygens (including phenoxy) is 1. The molecule has 1 heterocycles. The maximum absolute atomic E-state index is 12.4. The molecule has 0 atom stereocenters. The fourth-order valence-electron chi connectivity index (χ4n) is 2.03. The summed E-state index contributed by atoms with van der Waals surface area (Å²) in [6.45, 7) is 8.01. The van der Waals surface area contributed by atoms with E-state index in [1.54, 1.807) is 6.20 Å². The second kappa shape index (κ2) is 7.07. The molecule has 0 amide bonds. The van der Waals surface area contributed by atoms with Crippen LogP contribution in [-0.4, -0.2) is 23.1 Å². The van der Waals surface area contributed by atoms with E-state index >= 15 is 0 Å². The monoisotopic (exact) mass is 298 g/mol. The minimum Gasteiger partial charge on any atom is -0.484 e. The Morgan fingerprint density at radius 2 is 1.95 bits per heavy atom. The van der Waals surface area contributed by atoms with E-state index in [4.69, 9.17) is 4.74 Å². The molecule has 0 aliphatic carbocycles. The molecule has 0 aliphatic rings. The predicted molar refractivity (Wildman–Crippen MR) is 87.2 cm³/mol. The van der Waals surface area contributed by atoms with Crippen molar-refractivity contribution in [3.05, 3.63) is 59.2 Å². The van der Waals surface area contributed by atoms with Gasteiger partial charge in [0.2, 0.25) is 0 Å². The zero-order valence-electron chi connectivity index (χ0n) is 13.5. The van der Waals surface area contributed by atoms with Crippen LogP contribution in [0.25, 0.3) is 0 Å². The Morgan fingerprint density at radius 1 is 1.18 bits per heavy atom. The Hall–Kier alpha value is -2.36. The standard InChI is InChI=1S/C18H22N2O2/c1-13(2)19-17-7-5-6-10-20(17)18(21)12-22-16-9-8-14(3)15(4)11-16/h5-11,13H,12H2,1-4H3. The smallest absolute Gasteiger partial charge is 0.270 e. The highest BCUT2D eigenvalue weighted by atomic mass is 16.5. The molecular formula is C18H22N2O2. The molecule has 4 heteroatoms. The molecule has 0 aliphatic heterocycles. The summed E-state index contributed by atoms with van der Waals surface area (Å²) in [6.07, 6.45) is 1.72. The summed E-state index contributed by atoms with van der Waals surface area (Å²) < 4.78 is 7.13. The molecule has 4 nitrogen and oxygen atoms in total. The Morgan fingerprint density at radius 3 is 2.64 bits per heavy atom. The molecule has 1 aromatic carbocycles. The molecule has 116 valence electrons. The maximum Gasteiger partial charge on any atom is 0.270 e. The van der Waals surface area contributed by atoms with Gasteiger partial charge in [-0.3, -0.25) is 14.4 Å². The molecule has 0 N–H and O–H groups in total.